The molecule has 6 rings (SSSR count). The first-order valence-corrected chi connectivity index (χ1v) is 13.0. The maximum Gasteiger partial charge on any atom is 0.256 e. The zero-order valence-corrected chi connectivity index (χ0v) is 21.3. The second kappa shape index (κ2) is 10.3. The minimum absolute atomic E-state index is 0.148. The number of hydrogen-bond donors (Lipinski definition) is 1. The first kappa shape index (κ1) is 23.6. The Labute approximate surface area is 221 Å². The van der Waals surface area contributed by atoms with Crippen LogP contribution >= 0.6 is 0 Å². The van der Waals surface area contributed by atoms with Gasteiger partial charge in [-0.1, -0.05) is 72.8 Å². The van der Waals surface area contributed by atoms with Crippen molar-refractivity contribution in [3.05, 3.63) is 126 Å². The summed E-state index contributed by atoms with van der Waals surface area (Å²) in [6.07, 6.45) is 1.74. The van der Waals surface area contributed by atoms with E-state index >= 15 is 0 Å². The molecule has 0 atom stereocenters. The van der Waals surface area contributed by atoms with Gasteiger partial charge in [0.05, 0.1) is 27.8 Å². The average molecular weight is 497 g/mol. The molecule has 0 unspecified atom stereocenters. The van der Waals surface area contributed by atoms with Crippen molar-refractivity contribution in [1.29, 1.82) is 0 Å². The molecular formula is C33H28N4O. The number of para-hydroxylation sites is 3. The van der Waals surface area contributed by atoms with Gasteiger partial charge in [-0.3, -0.25) is 4.79 Å². The summed E-state index contributed by atoms with van der Waals surface area (Å²) in [6, 6.07) is 36.0. The Morgan fingerprint density at radius 2 is 1.47 bits per heavy atom. The van der Waals surface area contributed by atoms with Gasteiger partial charge in [-0.05, 0) is 55.3 Å². The number of rotatable bonds is 7. The van der Waals surface area contributed by atoms with Gasteiger partial charge in [0.2, 0.25) is 0 Å². The Bertz CT molecular complexity index is 1740. The van der Waals surface area contributed by atoms with E-state index < -0.39 is 0 Å². The number of hydrogen-bond acceptors (Lipinski definition) is 3. The normalized spacial score (nSPS) is 11.2. The number of aromatic nitrogens is 3. The molecule has 0 aliphatic carbocycles. The highest BCUT2D eigenvalue weighted by Gasteiger charge is 2.15. The number of pyridine rings is 1. The largest absolute Gasteiger partial charge is 0.328 e. The van der Waals surface area contributed by atoms with Crippen LogP contribution in [0.15, 0.2) is 109 Å². The summed E-state index contributed by atoms with van der Waals surface area (Å²) in [7, 11) is 0. The van der Waals surface area contributed by atoms with Crippen molar-refractivity contribution in [2.45, 2.75) is 26.3 Å². The molecule has 2 aromatic heterocycles. The fourth-order valence-electron chi connectivity index (χ4n) is 5.00. The zero-order valence-electron chi connectivity index (χ0n) is 21.3. The molecule has 0 saturated carbocycles. The summed E-state index contributed by atoms with van der Waals surface area (Å²) in [5.41, 5.74) is 7.37. The van der Waals surface area contributed by atoms with Gasteiger partial charge in [-0.25, -0.2) is 9.97 Å². The molecule has 6 aromatic rings. The molecule has 0 fully saturated rings. The standard InChI is InChI=1S/C33H28N4O/c1-2-37-31-15-9-8-14-29(31)36-32(37)21-18-23-16-19-25(20-17-23)34-33(38)27-22-30(24-10-4-3-5-11-24)35-28-13-7-6-12-26(27)28/h3-17,19-20,22H,2,18,21H2,1H3,(H,34,38). The Hall–Kier alpha value is -4.77. The van der Waals surface area contributed by atoms with Gasteiger partial charge in [-0.15, -0.1) is 0 Å². The molecule has 0 bridgehead atoms. The van der Waals surface area contributed by atoms with Crippen LogP contribution in [0.5, 0.6) is 0 Å². The first-order valence-electron chi connectivity index (χ1n) is 13.0. The molecule has 0 aliphatic rings. The van der Waals surface area contributed by atoms with Gasteiger partial charge in [0, 0.05) is 29.6 Å². The smallest absolute Gasteiger partial charge is 0.256 e. The van der Waals surface area contributed by atoms with Gasteiger partial charge in [0.25, 0.3) is 5.91 Å². The molecule has 5 heteroatoms. The third kappa shape index (κ3) is 4.66. The third-order valence-electron chi connectivity index (χ3n) is 6.93. The highest BCUT2D eigenvalue weighted by molar-refractivity contribution is 6.13. The number of aryl methyl sites for hydroxylation is 3. The van der Waals surface area contributed by atoms with Crippen molar-refractivity contribution in [3.63, 3.8) is 0 Å². The number of nitrogens with one attached hydrogen (secondary N) is 1. The van der Waals surface area contributed by atoms with Crippen LogP contribution in [0, 0.1) is 0 Å². The molecule has 2 heterocycles. The highest BCUT2D eigenvalue weighted by Crippen LogP contribution is 2.26. The van der Waals surface area contributed by atoms with Gasteiger partial charge in [-0.2, -0.15) is 0 Å². The maximum absolute atomic E-state index is 13.4. The molecule has 1 N–H and O–H groups in total. The number of nitrogens with zero attached hydrogens (tertiary/aromatic N) is 3. The summed E-state index contributed by atoms with van der Waals surface area (Å²) in [4.78, 5) is 23.0. The average Bonchev–Trinajstić information content (AvgIpc) is 3.34. The van der Waals surface area contributed by atoms with Crippen molar-refractivity contribution in [2.24, 2.45) is 0 Å². The van der Waals surface area contributed by atoms with E-state index in [1.165, 1.54) is 11.1 Å². The molecule has 0 saturated heterocycles. The molecule has 5 nitrogen and oxygen atoms in total. The number of fused-ring (bicyclic) bond motifs is 2. The minimum atomic E-state index is -0.148. The van der Waals surface area contributed by atoms with Gasteiger partial charge in [0.1, 0.15) is 5.82 Å². The Morgan fingerprint density at radius 1 is 0.763 bits per heavy atom. The van der Waals surface area contributed by atoms with Crippen LogP contribution in [-0.4, -0.2) is 20.4 Å². The number of carbonyl (C=O) groups is 1. The van der Waals surface area contributed by atoms with E-state index in [4.69, 9.17) is 9.97 Å². The first-order chi connectivity index (χ1) is 18.7. The van der Waals surface area contributed by atoms with Crippen LogP contribution < -0.4 is 5.32 Å². The van der Waals surface area contributed by atoms with E-state index in [9.17, 15) is 4.79 Å². The Balaban J connectivity index is 1.20. The fraction of sp³-hybridized carbons (Fsp3) is 0.121. The minimum Gasteiger partial charge on any atom is -0.328 e. The molecule has 1 amide bonds. The van der Waals surface area contributed by atoms with Crippen LogP contribution in [0.4, 0.5) is 5.69 Å². The van der Waals surface area contributed by atoms with Crippen LogP contribution in [-0.2, 0) is 19.4 Å². The van der Waals surface area contributed by atoms with Crippen LogP contribution in [0.25, 0.3) is 33.2 Å². The maximum atomic E-state index is 13.4. The topological polar surface area (TPSA) is 59.8 Å². The van der Waals surface area contributed by atoms with Crippen molar-refractivity contribution < 1.29 is 4.79 Å². The lowest BCUT2D eigenvalue weighted by atomic mass is 10.0. The van der Waals surface area contributed by atoms with E-state index in [-0.39, 0.29) is 5.91 Å². The molecule has 0 radical (unpaired) electrons. The van der Waals surface area contributed by atoms with E-state index in [0.29, 0.717) is 5.56 Å². The van der Waals surface area contributed by atoms with Gasteiger partial charge < -0.3 is 9.88 Å². The van der Waals surface area contributed by atoms with Crippen molar-refractivity contribution in [1.82, 2.24) is 14.5 Å². The molecule has 186 valence electrons. The van der Waals surface area contributed by atoms with Crippen molar-refractivity contribution >= 4 is 33.5 Å². The molecule has 38 heavy (non-hydrogen) atoms. The summed E-state index contributed by atoms with van der Waals surface area (Å²) in [5, 5.41) is 3.92. The fourth-order valence-corrected chi connectivity index (χ4v) is 5.00. The van der Waals surface area contributed by atoms with E-state index in [0.717, 1.165) is 58.6 Å². The number of imidazole rings is 1. The monoisotopic (exact) mass is 496 g/mol. The van der Waals surface area contributed by atoms with E-state index in [1.807, 2.05) is 78.9 Å². The number of benzene rings is 4. The summed E-state index contributed by atoms with van der Waals surface area (Å²) >= 11 is 0. The van der Waals surface area contributed by atoms with Gasteiger partial charge >= 0.3 is 0 Å². The third-order valence-corrected chi connectivity index (χ3v) is 6.93. The SMILES string of the molecule is CCn1c(CCc2ccc(NC(=O)c3cc(-c4ccccc4)nc4ccccc34)cc2)nc2ccccc21. The lowest BCUT2D eigenvalue weighted by molar-refractivity contribution is 0.102. The number of amides is 1. The number of anilines is 1. The molecule has 4 aromatic carbocycles. The molecule has 0 spiro atoms. The van der Waals surface area contributed by atoms with Crippen LogP contribution in [0.3, 0.4) is 0 Å². The Morgan fingerprint density at radius 3 is 2.26 bits per heavy atom. The summed E-state index contributed by atoms with van der Waals surface area (Å²) in [5.74, 6) is 0.954. The highest BCUT2D eigenvalue weighted by atomic mass is 16.1. The van der Waals surface area contributed by atoms with Crippen LogP contribution in [0.1, 0.15) is 28.7 Å². The van der Waals surface area contributed by atoms with Gasteiger partial charge in [0.15, 0.2) is 0 Å². The second-order valence-corrected chi connectivity index (χ2v) is 9.35. The van der Waals surface area contributed by atoms with E-state index in [1.54, 1.807) is 0 Å². The summed E-state index contributed by atoms with van der Waals surface area (Å²) in [6.45, 7) is 3.06. The predicted octanol–water partition coefficient (Wildman–Crippen LogP) is 7.31. The lowest BCUT2D eigenvalue weighted by Gasteiger charge is -2.11. The van der Waals surface area contributed by atoms with Crippen molar-refractivity contribution in [2.75, 3.05) is 5.32 Å². The number of carbonyl (C=O) groups excluding carboxylic acids is 1. The predicted molar refractivity (Wildman–Crippen MR) is 154 cm³/mol. The van der Waals surface area contributed by atoms with Crippen LogP contribution in [0.2, 0.25) is 0 Å². The molecule has 0 aliphatic heterocycles. The zero-order chi connectivity index (χ0) is 25.9. The summed E-state index contributed by atoms with van der Waals surface area (Å²) < 4.78 is 2.28. The van der Waals surface area contributed by atoms with Crippen molar-refractivity contribution in [3.8, 4) is 11.3 Å². The van der Waals surface area contributed by atoms with E-state index in [2.05, 4.69) is 47.1 Å². The quantitative estimate of drug-likeness (QED) is 0.252. The lowest BCUT2D eigenvalue weighted by Crippen LogP contribution is -2.13. The Kier molecular flexibility index (Phi) is 6.40. The second-order valence-electron chi connectivity index (χ2n) is 9.35. The molecular weight excluding hydrogens is 468 g/mol.